The average molecular weight is 367 g/mol. The lowest BCUT2D eigenvalue weighted by Crippen LogP contribution is -2.44. The molecule has 3 nitrogen and oxygen atoms in total. The molecule has 1 N–H and O–H groups in total. The number of benzene rings is 2. The van der Waals surface area contributed by atoms with Crippen molar-refractivity contribution in [1.29, 1.82) is 0 Å². The summed E-state index contributed by atoms with van der Waals surface area (Å²) in [5, 5.41) is 3.68. The van der Waals surface area contributed by atoms with Crippen molar-refractivity contribution < 1.29 is 4.74 Å². The third kappa shape index (κ3) is 3.67. The van der Waals surface area contributed by atoms with Crippen LogP contribution < -0.4 is 5.32 Å². The number of methoxy groups -OCH3 is 1. The number of ether oxygens (including phenoxy) is 1. The number of hydrogen-bond acceptors (Lipinski definition) is 3. The van der Waals surface area contributed by atoms with Gasteiger partial charge in [-0.15, -0.1) is 0 Å². The smallest absolute Gasteiger partial charge is 0.108 e. The van der Waals surface area contributed by atoms with Gasteiger partial charge in [0.25, 0.3) is 0 Å². The van der Waals surface area contributed by atoms with Crippen LogP contribution in [0.3, 0.4) is 0 Å². The number of aliphatic imine (C=N–C) groups is 1. The Balaban J connectivity index is 1.62. The van der Waals surface area contributed by atoms with Crippen LogP contribution in [0.25, 0.3) is 0 Å². The first-order valence-corrected chi connectivity index (χ1v) is 10.5. The molecule has 26 heavy (non-hydrogen) atoms. The van der Waals surface area contributed by atoms with Gasteiger partial charge < -0.3 is 10.1 Å². The fourth-order valence-electron chi connectivity index (χ4n) is 4.04. The van der Waals surface area contributed by atoms with Crippen LogP contribution in [-0.2, 0) is 24.3 Å². The van der Waals surface area contributed by atoms with E-state index in [1.165, 1.54) is 52.6 Å². The van der Waals surface area contributed by atoms with E-state index in [9.17, 15) is 0 Å². The molecule has 0 radical (unpaired) electrons. The summed E-state index contributed by atoms with van der Waals surface area (Å²) in [6, 6.07) is 17.2. The Morgan fingerprint density at radius 1 is 1.08 bits per heavy atom. The maximum absolute atomic E-state index is 5.26. The Morgan fingerprint density at radius 2 is 1.88 bits per heavy atom. The van der Waals surface area contributed by atoms with Crippen molar-refractivity contribution in [3.8, 4) is 0 Å². The van der Waals surface area contributed by atoms with Gasteiger partial charge in [-0.2, -0.15) is 11.8 Å². The number of nitrogens with zero attached hydrogens (tertiary/aromatic N) is 1. The zero-order valence-corrected chi connectivity index (χ0v) is 16.1. The summed E-state index contributed by atoms with van der Waals surface area (Å²) in [6.45, 7) is 1.37. The highest BCUT2D eigenvalue weighted by Gasteiger charge is 2.41. The quantitative estimate of drug-likeness (QED) is 0.834. The lowest BCUT2D eigenvalue weighted by Gasteiger charge is -2.42. The van der Waals surface area contributed by atoms with Crippen LogP contribution in [0.1, 0.15) is 29.5 Å². The first-order valence-electron chi connectivity index (χ1n) is 9.33. The molecule has 2 aliphatic rings. The summed E-state index contributed by atoms with van der Waals surface area (Å²) in [5.74, 6) is 3.65. The van der Waals surface area contributed by atoms with E-state index in [4.69, 9.17) is 9.73 Å². The normalized spacial score (nSPS) is 20.0. The topological polar surface area (TPSA) is 33.6 Å². The van der Waals surface area contributed by atoms with Gasteiger partial charge in [0.2, 0.25) is 0 Å². The molecule has 2 heterocycles. The van der Waals surface area contributed by atoms with Gasteiger partial charge in [0.1, 0.15) is 5.84 Å². The maximum Gasteiger partial charge on any atom is 0.108 e. The number of rotatable bonds is 4. The third-order valence-electron chi connectivity index (χ3n) is 5.47. The van der Waals surface area contributed by atoms with Gasteiger partial charge in [-0.25, -0.2) is 0 Å². The lowest BCUT2D eigenvalue weighted by molar-refractivity contribution is 0.185. The largest absolute Gasteiger partial charge is 0.380 e. The van der Waals surface area contributed by atoms with E-state index in [-0.39, 0.29) is 5.41 Å². The van der Waals surface area contributed by atoms with E-state index < -0.39 is 0 Å². The number of amidine groups is 1. The molecular formula is C22H26N2OS. The molecule has 4 rings (SSSR count). The van der Waals surface area contributed by atoms with Crippen molar-refractivity contribution in [2.45, 2.75) is 32.4 Å². The zero-order valence-electron chi connectivity index (χ0n) is 15.3. The Kier molecular flexibility index (Phi) is 5.32. The summed E-state index contributed by atoms with van der Waals surface area (Å²) < 4.78 is 5.26. The van der Waals surface area contributed by atoms with Crippen LogP contribution in [0.2, 0.25) is 0 Å². The molecule has 0 atom stereocenters. The summed E-state index contributed by atoms with van der Waals surface area (Å²) >= 11 is 2.07. The van der Waals surface area contributed by atoms with E-state index in [0.717, 1.165) is 13.0 Å². The van der Waals surface area contributed by atoms with Gasteiger partial charge in [-0.3, -0.25) is 4.99 Å². The van der Waals surface area contributed by atoms with Gasteiger partial charge >= 0.3 is 0 Å². The van der Waals surface area contributed by atoms with Crippen molar-refractivity contribution in [2.24, 2.45) is 10.4 Å². The van der Waals surface area contributed by atoms with Crippen molar-refractivity contribution in [2.75, 3.05) is 23.9 Å². The second kappa shape index (κ2) is 7.85. The van der Waals surface area contributed by atoms with E-state index in [1.54, 1.807) is 7.11 Å². The second-order valence-electron chi connectivity index (χ2n) is 7.27. The molecule has 1 spiro atoms. The van der Waals surface area contributed by atoms with Gasteiger partial charge in [0.15, 0.2) is 0 Å². The summed E-state index contributed by atoms with van der Waals surface area (Å²) in [6.07, 6.45) is 3.53. The van der Waals surface area contributed by atoms with Gasteiger partial charge in [0, 0.05) is 18.2 Å². The molecule has 0 aliphatic carbocycles. The first kappa shape index (κ1) is 17.6. The second-order valence-corrected chi connectivity index (χ2v) is 8.49. The number of thioether (sulfide) groups is 1. The predicted molar refractivity (Wildman–Crippen MR) is 111 cm³/mol. The average Bonchev–Trinajstić information content (AvgIpc) is 2.68. The molecule has 1 fully saturated rings. The van der Waals surface area contributed by atoms with Gasteiger partial charge in [0.05, 0.1) is 13.2 Å². The number of fused-ring (bicyclic) bond motifs is 1. The van der Waals surface area contributed by atoms with Crippen molar-refractivity contribution >= 4 is 23.3 Å². The van der Waals surface area contributed by atoms with Crippen LogP contribution in [0.15, 0.2) is 53.5 Å². The molecular weight excluding hydrogens is 340 g/mol. The Labute approximate surface area is 160 Å². The molecule has 2 aromatic rings. The molecule has 2 aromatic carbocycles. The Hall–Kier alpha value is -1.78. The number of para-hydroxylation sites is 1. The molecule has 0 bridgehead atoms. The van der Waals surface area contributed by atoms with Crippen molar-refractivity contribution in [1.82, 2.24) is 0 Å². The van der Waals surface area contributed by atoms with Crippen LogP contribution >= 0.6 is 11.8 Å². The molecule has 0 saturated carbocycles. The van der Waals surface area contributed by atoms with E-state index >= 15 is 0 Å². The van der Waals surface area contributed by atoms with Crippen LogP contribution in [0, 0.1) is 5.41 Å². The molecule has 2 aliphatic heterocycles. The summed E-state index contributed by atoms with van der Waals surface area (Å²) in [7, 11) is 1.74. The van der Waals surface area contributed by atoms with Crippen LogP contribution in [-0.4, -0.2) is 24.5 Å². The van der Waals surface area contributed by atoms with Crippen molar-refractivity contribution in [3.63, 3.8) is 0 Å². The van der Waals surface area contributed by atoms with Gasteiger partial charge in [-0.1, -0.05) is 42.5 Å². The number of hydrogen-bond donors (Lipinski definition) is 1. The fraction of sp³-hybridized carbons (Fsp3) is 0.409. The van der Waals surface area contributed by atoms with Crippen molar-refractivity contribution in [3.05, 3.63) is 65.2 Å². The molecule has 4 heteroatoms. The number of anilines is 1. The predicted octanol–water partition coefficient (Wildman–Crippen LogP) is 4.91. The minimum absolute atomic E-state index is 0.184. The highest BCUT2D eigenvalue weighted by molar-refractivity contribution is 7.99. The minimum atomic E-state index is 0.184. The molecule has 0 aromatic heterocycles. The SMILES string of the molecule is COCc1cccc(CN=C2Nc3ccccc3CC23CCSCC3)c1. The standard InChI is InChI=1S/C22H26N2OS/c1-25-16-18-6-4-5-17(13-18)15-23-21-22(9-11-26-12-10-22)14-19-7-2-3-8-20(19)24-21/h2-8,13H,9-12,14-16H2,1H3,(H,23,24). The third-order valence-corrected chi connectivity index (χ3v) is 6.46. The van der Waals surface area contributed by atoms with E-state index in [0.29, 0.717) is 6.61 Å². The monoisotopic (exact) mass is 366 g/mol. The Morgan fingerprint density at radius 3 is 2.73 bits per heavy atom. The summed E-state index contributed by atoms with van der Waals surface area (Å²) in [4.78, 5) is 5.09. The van der Waals surface area contributed by atoms with Gasteiger partial charge in [-0.05, 0) is 53.5 Å². The highest BCUT2D eigenvalue weighted by atomic mass is 32.2. The Bertz CT molecular complexity index is 796. The van der Waals surface area contributed by atoms with E-state index in [2.05, 4.69) is 65.6 Å². The fourth-order valence-corrected chi connectivity index (χ4v) is 5.32. The van der Waals surface area contributed by atoms with E-state index in [1.807, 2.05) is 0 Å². The highest BCUT2D eigenvalue weighted by Crippen LogP contribution is 2.44. The summed E-state index contributed by atoms with van der Waals surface area (Å²) in [5.41, 5.74) is 5.29. The maximum atomic E-state index is 5.26. The number of nitrogens with one attached hydrogen (secondary N) is 1. The molecule has 136 valence electrons. The van der Waals surface area contributed by atoms with Crippen LogP contribution in [0.5, 0.6) is 0 Å². The van der Waals surface area contributed by atoms with Crippen LogP contribution in [0.4, 0.5) is 5.69 Å². The molecule has 1 saturated heterocycles. The molecule has 0 amide bonds. The zero-order chi connectivity index (χ0) is 17.8. The minimum Gasteiger partial charge on any atom is -0.380 e. The first-order chi connectivity index (χ1) is 12.8. The molecule has 0 unspecified atom stereocenters. The lowest BCUT2D eigenvalue weighted by atomic mass is 9.73.